The largest absolute Gasteiger partial charge is 0.508 e. The Balaban J connectivity index is 1.12. The predicted octanol–water partition coefficient (Wildman–Crippen LogP) is 8.07. The SMILES string of the molecule is NC(N)c1cc2c3cc1CSSCC14CC#CC5CCCC5(CC(O)CO)CCC(/C=C/C(=O)CCc5ccc(O)c(c5)OCCc5ccc(O)c(c5)C3CC(=O)c3cc[nH]c3CC#C2)(CC1O)C4. The lowest BCUT2D eigenvalue weighted by Gasteiger charge is -2.39. The van der Waals surface area contributed by atoms with Gasteiger partial charge in [0.25, 0.3) is 0 Å². The van der Waals surface area contributed by atoms with Gasteiger partial charge in [-0.2, -0.15) is 0 Å². The molecule has 1 aromatic heterocycles. The second-order valence-corrected chi connectivity index (χ2v) is 22.7. The number of hydrogen-bond donors (Lipinski definition) is 8. The molecule has 0 amide bonds. The van der Waals surface area contributed by atoms with Crippen LogP contribution in [0.15, 0.2) is 72.9 Å². The summed E-state index contributed by atoms with van der Waals surface area (Å²) in [5, 5.41) is 55.5. The van der Waals surface area contributed by atoms with Gasteiger partial charge in [-0.05, 0) is 126 Å². The first kappa shape index (κ1) is 49.0. The number of Topliss-reactive ketones (excluding diaryl/α,β-unsaturated/α-hetero) is 1. The van der Waals surface area contributed by atoms with Crippen molar-refractivity contribution in [1.82, 2.24) is 4.98 Å². The van der Waals surface area contributed by atoms with Crippen molar-refractivity contribution in [2.45, 2.75) is 120 Å². The van der Waals surface area contributed by atoms with Crippen molar-refractivity contribution < 1.29 is 39.9 Å². The third-order valence-corrected chi connectivity index (χ3v) is 18.2. The fourth-order valence-electron chi connectivity index (χ4n) is 11.9. The first-order valence-electron chi connectivity index (χ1n) is 24.3. The highest BCUT2D eigenvalue weighted by Gasteiger charge is 2.55. The molecular formula is C56H63N3O8S2. The van der Waals surface area contributed by atoms with Gasteiger partial charge in [-0.15, -0.1) is 5.92 Å². The number of phenols is 2. The number of carbonyl (C=O) groups is 2. The molecule has 2 saturated carbocycles. The first-order valence-corrected chi connectivity index (χ1v) is 26.8. The molecule has 4 aromatic rings. The van der Waals surface area contributed by atoms with Crippen LogP contribution in [0.3, 0.4) is 0 Å². The number of nitrogens with two attached hydrogens (primary N) is 2. The number of ketones is 2. The Morgan fingerprint density at radius 3 is 2.58 bits per heavy atom. The number of aromatic nitrogens is 1. The summed E-state index contributed by atoms with van der Waals surface area (Å²) in [6, 6.07) is 16.3. The van der Waals surface area contributed by atoms with E-state index in [1.807, 2.05) is 18.2 Å². The normalized spacial score (nSPS) is 28.2. The van der Waals surface area contributed by atoms with E-state index < -0.39 is 35.1 Å². The predicted molar refractivity (Wildman–Crippen MR) is 271 cm³/mol. The fraction of sp³-hybridized carbons (Fsp3) is 0.464. The van der Waals surface area contributed by atoms with E-state index in [-0.39, 0.29) is 60.5 Å². The summed E-state index contributed by atoms with van der Waals surface area (Å²) in [6.45, 7) is -0.0996. The highest BCUT2D eigenvalue weighted by atomic mass is 33.1. The van der Waals surface area contributed by atoms with Gasteiger partial charge in [0.15, 0.2) is 23.1 Å². The molecule has 4 aliphatic carbocycles. The number of hydrogen-bond acceptors (Lipinski definition) is 12. The number of phenolic OH excluding ortho intramolecular Hbond substituents is 2. The maximum absolute atomic E-state index is 14.3. The van der Waals surface area contributed by atoms with Crippen LogP contribution < -0.4 is 16.2 Å². The molecule has 10 N–H and O–H groups in total. The Hall–Kier alpha value is -4.96. The monoisotopic (exact) mass is 969 g/mol. The molecule has 3 aromatic carbocycles. The minimum absolute atomic E-state index is 0.0175. The summed E-state index contributed by atoms with van der Waals surface area (Å²) in [5.74, 6) is 14.6. The van der Waals surface area contributed by atoms with Gasteiger partial charge < -0.3 is 46.7 Å². The number of rotatable bonds is 4. The van der Waals surface area contributed by atoms with Gasteiger partial charge in [0.1, 0.15) is 5.75 Å². The Morgan fingerprint density at radius 2 is 1.75 bits per heavy atom. The third kappa shape index (κ3) is 10.6. The van der Waals surface area contributed by atoms with Gasteiger partial charge in [0, 0.05) is 83.0 Å². The van der Waals surface area contributed by atoms with Crippen LogP contribution in [-0.4, -0.2) is 73.3 Å². The van der Waals surface area contributed by atoms with Crippen molar-refractivity contribution in [1.29, 1.82) is 0 Å². The van der Waals surface area contributed by atoms with Crippen LogP contribution in [0.4, 0.5) is 0 Å². The lowest BCUT2D eigenvalue weighted by molar-refractivity contribution is -0.114. The van der Waals surface area contributed by atoms with Crippen molar-refractivity contribution in [3.8, 4) is 40.9 Å². The van der Waals surface area contributed by atoms with Gasteiger partial charge in [-0.1, -0.05) is 76.1 Å². The third-order valence-electron chi connectivity index (χ3n) is 15.7. The summed E-state index contributed by atoms with van der Waals surface area (Å²) >= 11 is 0. The van der Waals surface area contributed by atoms with Crippen molar-refractivity contribution in [2.24, 2.45) is 33.6 Å². The van der Waals surface area contributed by atoms with Crippen LogP contribution in [0.2, 0.25) is 0 Å². The van der Waals surface area contributed by atoms with Crippen LogP contribution in [0, 0.1) is 45.8 Å². The lowest BCUT2D eigenvalue weighted by atomic mass is 9.65. The van der Waals surface area contributed by atoms with Crippen LogP contribution in [0.1, 0.15) is 138 Å². The number of allylic oxidation sites excluding steroid dienone is 2. The Labute approximate surface area is 412 Å². The number of aliphatic hydroxyl groups excluding tert-OH is 3. The Bertz CT molecular complexity index is 2750. The van der Waals surface area contributed by atoms with E-state index in [2.05, 4.69) is 40.8 Å². The maximum atomic E-state index is 14.3. The number of H-pyrrole nitrogens is 1. The second kappa shape index (κ2) is 20.8. The van der Waals surface area contributed by atoms with Crippen molar-refractivity contribution >= 4 is 33.2 Å². The van der Waals surface area contributed by atoms with E-state index in [0.29, 0.717) is 85.3 Å². The molecule has 69 heavy (non-hydrogen) atoms. The summed E-state index contributed by atoms with van der Waals surface area (Å²) in [6.07, 6.45) is 11.0. The highest BCUT2D eigenvalue weighted by molar-refractivity contribution is 8.76. The Morgan fingerprint density at radius 1 is 0.928 bits per heavy atom. The van der Waals surface area contributed by atoms with Gasteiger partial charge in [0.05, 0.1) is 38.0 Å². The molecule has 7 atom stereocenters. The average molecular weight is 970 g/mol. The molecule has 13 heteroatoms. The number of aryl methyl sites for hydroxylation is 1. The molecule has 9 rings (SSSR count). The van der Waals surface area contributed by atoms with E-state index in [4.69, 9.17) is 16.2 Å². The molecule has 8 bridgehead atoms. The summed E-state index contributed by atoms with van der Waals surface area (Å²) in [7, 11) is 3.32. The average Bonchev–Trinajstić information content (AvgIpc) is 4.04. The molecule has 2 fully saturated rings. The number of carbonyl (C=O) groups excluding carboxylic acids is 2. The number of ether oxygens (including phenoxy) is 1. The zero-order valence-electron chi connectivity index (χ0n) is 39.0. The molecule has 362 valence electrons. The molecule has 1 aliphatic heterocycles. The summed E-state index contributed by atoms with van der Waals surface area (Å²) < 4.78 is 6.17. The highest BCUT2D eigenvalue weighted by Crippen LogP contribution is 2.60. The molecule has 5 aliphatic rings. The van der Waals surface area contributed by atoms with Gasteiger partial charge in [0.2, 0.25) is 0 Å². The lowest BCUT2D eigenvalue weighted by Crippen LogP contribution is -2.35. The van der Waals surface area contributed by atoms with Gasteiger partial charge in [-0.3, -0.25) is 9.59 Å². The topological polar surface area (TPSA) is 212 Å². The van der Waals surface area contributed by atoms with Crippen LogP contribution in [0.5, 0.6) is 17.2 Å². The van der Waals surface area contributed by atoms with Crippen molar-refractivity contribution in [2.75, 3.05) is 19.0 Å². The summed E-state index contributed by atoms with van der Waals surface area (Å²) in [4.78, 5) is 31.2. The van der Waals surface area contributed by atoms with Gasteiger partial charge in [-0.25, -0.2) is 0 Å². The van der Waals surface area contributed by atoms with E-state index in [0.717, 1.165) is 59.2 Å². The molecule has 0 saturated heterocycles. The van der Waals surface area contributed by atoms with Crippen LogP contribution in [0.25, 0.3) is 0 Å². The van der Waals surface area contributed by atoms with Crippen molar-refractivity contribution in [3.05, 3.63) is 123 Å². The molecule has 0 spiro atoms. The van der Waals surface area contributed by atoms with Crippen LogP contribution in [-0.2, 0) is 29.8 Å². The molecule has 7 unspecified atom stereocenters. The quantitative estimate of drug-likeness (QED) is 0.0554. The molecule has 2 heterocycles. The minimum atomic E-state index is -0.845. The fourth-order valence-corrected chi connectivity index (χ4v) is 14.7. The summed E-state index contributed by atoms with van der Waals surface area (Å²) in [5.41, 5.74) is 18.3. The van der Waals surface area contributed by atoms with Crippen LogP contribution >= 0.6 is 21.6 Å². The first-order chi connectivity index (χ1) is 33.3. The Kier molecular flexibility index (Phi) is 14.8. The zero-order valence-corrected chi connectivity index (χ0v) is 40.6. The van der Waals surface area contributed by atoms with E-state index in [1.165, 1.54) is 0 Å². The number of fused-ring (bicyclic) bond motifs is 8. The number of benzene rings is 3. The standard InChI is InChI=1S/C56H63N3O8S2/c57-53(58)44-26-37-4-1-7-47-42(15-22-59-47)50(65)28-45-43(37)27-38(44)32-68-69-34-56-18-3-6-39-5-2-17-55(39,29-41(62)31-60)21-20-54(33-56,30-52(56)66)19-14-40(61)11-8-35-10-13-49(64)51(25-35)67-23-16-36-9-12-48(63)46(45)24-36/h9-10,12-15,19,22,24-27,39,41,45,52-53,59-60,62-64,66H,2,5,7-8,11,16-18,20-21,23,28-34,57-58H2/b19-14+. The van der Waals surface area contributed by atoms with E-state index in [9.17, 15) is 35.1 Å². The smallest absolute Gasteiger partial charge is 0.165 e. The molecular weight excluding hydrogens is 907 g/mol. The minimum Gasteiger partial charge on any atom is -0.508 e. The number of nitrogens with one attached hydrogen (secondary N) is 1. The zero-order chi connectivity index (χ0) is 48.3. The maximum Gasteiger partial charge on any atom is 0.165 e. The van der Waals surface area contributed by atoms with E-state index >= 15 is 0 Å². The second-order valence-electron chi connectivity index (χ2n) is 20.3. The number of aliphatic hydroxyl groups is 3. The number of aromatic hydroxyl groups is 2. The van der Waals surface area contributed by atoms with E-state index in [1.54, 1.807) is 64.2 Å². The number of aromatic amines is 1. The van der Waals surface area contributed by atoms with Gasteiger partial charge >= 0.3 is 0 Å². The van der Waals surface area contributed by atoms with Crippen molar-refractivity contribution in [3.63, 3.8) is 0 Å². The molecule has 0 radical (unpaired) electrons. The molecule has 11 nitrogen and oxygen atoms in total.